The molecule has 2 heterocycles. The molecule has 0 atom stereocenters. The lowest BCUT2D eigenvalue weighted by Gasteiger charge is -2.34. The predicted octanol–water partition coefficient (Wildman–Crippen LogP) is 8.07. The van der Waals surface area contributed by atoms with E-state index in [9.17, 15) is 4.79 Å². The lowest BCUT2D eigenvalue weighted by Crippen LogP contribution is -2.45. The van der Waals surface area contributed by atoms with Gasteiger partial charge in [0.25, 0.3) is 5.91 Å². The summed E-state index contributed by atoms with van der Waals surface area (Å²) in [5.41, 5.74) is 5.75. The summed E-state index contributed by atoms with van der Waals surface area (Å²) in [7, 11) is 0. The first-order chi connectivity index (χ1) is 22.7. The van der Waals surface area contributed by atoms with Crippen LogP contribution in [0.5, 0.6) is 11.5 Å². The minimum absolute atomic E-state index is 0.0714. The number of para-hydroxylation sites is 2. The Labute approximate surface area is 272 Å². The number of hydrogen-bond donors (Lipinski definition) is 1. The Bertz CT molecular complexity index is 1740. The van der Waals surface area contributed by atoms with Crippen LogP contribution in [0.15, 0.2) is 116 Å². The molecular formula is C40H42N4O2. The van der Waals surface area contributed by atoms with Crippen molar-refractivity contribution in [1.29, 1.82) is 0 Å². The van der Waals surface area contributed by atoms with E-state index in [2.05, 4.69) is 76.4 Å². The molecule has 1 saturated heterocycles. The maximum absolute atomic E-state index is 13.3. The van der Waals surface area contributed by atoms with Crippen molar-refractivity contribution in [3.8, 4) is 22.6 Å². The summed E-state index contributed by atoms with van der Waals surface area (Å²) >= 11 is 0. The molecule has 1 fully saturated rings. The zero-order valence-corrected chi connectivity index (χ0v) is 26.6. The van der Waals surface area contributed by atoms with Crippen LogP contribution in [0.25, 0.3) is 11.1 Å². The van der Waals surface area contributed by atoms with Crippen molar-refractivity contribution < 1.29 is 9.53 Å². The van der Waals surface area contributed by atoms with Gasteiger partial charge in [0, 0.05) is 38.1 Å². The van der Waals surface area contributed by atoms with Gasteiger partial charge in [0.05, 0.1) is 11.0 Å². The Morgan fingerprint density at radius 2 is 1.50 bits per heavy atom. The normalized spacial score (nSPS) is 15.7. The highest BCUT2D eigenvalue weighted by atomic mass is 16.5. The second-order valence-corrected chi connectivity index (χ2v) is 12.5. The minimum atomic E-state index is -0.246. The summed E-state index contributed by atoms with van der Waals surface area (Å²) in [5.74, 6) is 2.38. The number of unbranched alkanes of at least 4 members (excludes halogenated alkanes) is 1. The Balaban J connectivity index is 0.969. The first-order valence-corrected chi connectivity index (χ1v) is 16.7. The number of ether oxygens (including phenoxy) is 1. The Morgan fingerprint density at radius 1 is 0.848 bits per heavy atom. The summed E-state index contributed by atoms with van der Waals surface area (Å²) in [6.45, 7) is 6.15. The quantitative estimate of drug-likeness (QED) is 0.154. The molecule has 46 heavy (non-hydrogen) atoms. The first-order valence-electron chi connectivity index (χ1n) is 16.7. The van der Waals surface area contributed by atoms with E-state index in [0.29, 0.717) is 11.3 Å². The molecule has 234 valence electrons. The van der Waals surface area contributed by atoms with Gasteiger partial charge >= 0.3 is 0 Å². The molecule has 4 aromatic carbocycles. The molecule has 6 nitrogen and oxygen atoms in total. The first kappa shape index (κ1) is 30.0. The van der Waals surface area contributed by atoms with Crippen LogP contribution in [0.4, 0.5) is 0 Å². The van der Waals surface area contributed by atoms with Gasteiger partial charge in [-0.1, -0.05) is 85.3 Å². The third-order valence-corrected chi connectivity index (χ3v) is 9.80. The smallest absolute Gasteiger partial charge is 0.255 e. The van der Waals surface area contributed by atoms with Gasteiger partial charge in [-0.3, -0.25) is 4.79 Å². The summed E-state index contributed by atoms with van der Waals surface area (Å²) in [6, 6.07) is 35.1. The number of nitrogens with zero attached hydrogens (tertiary/aromatic N) is 3. The highest BCUT2D eigenvalue weighted by Gasteiger charge is 2.46. The van der Waals surface area contributed by atoms with Gasteiger partial charge in [0.2, 0.25) is 0 Å². The van der Waals surface area contributed by atoms with Crippen molar-refractivity contribution in [3.05, 3.63) is 138 Å². The fourth-order valence-corrected chi connectivity index (χ4v) is 7.54. The van der Waals surface area contributed by atoms with Crippen molar-refractivity contribution in [3.63, 3.8) is 0 Å². The van der Waals surface area contributed by atoms with E-state index in [1.165, 1.54) is 22.3 Å². The van der Waals surface area contributed by atoms with E-state index in [-0.39, 0.29) is 17.4 Å². The molecule has 0 radical (unpaired) electrons. The van der Waals surface area contributed by atoms with E-state index in [1.54, 1.807) is 0 Å². The third kappa shape index (κ3) is 5.74. The standard InChI is InChI=1S/C40H42N4O2/c1-2-44-29-25-41-39(44)40(35-19-9-6-16-32(35)33-17-7-10-20-36(33)40)24-12-13-26-43-27-22-30(23-28-43)42-38(45)34-18-8-11-21-37(34)46-31-14-4-3-5-15-31/h3-11,14-21,25,29-30H,2,12-13,22-24,26-28H2,1H3,(H,42,45). The molecule has 1 aromatic heterocycles. The molecule has 7 rings (SSSR count). The number of hydrogen-bond acceptors (Lipinski definition) is 4. The van der Waals surface area contributed by atoms with Crippen LogP contribution in [-0.2, 0) is 12.0 Å². The maximum atomic E-state index is 13.3. The van der Waals surface area contributed by atoms with Gasteiger partial charge in [-0.25, -0.2) is 4.98 Å². The number of benzene rings is 4. The van der Waals surface area contributed by atoms with E-state index in [4.69, 9.17) is 9.72 Å². The number of imidazole rings is 1. The van der Waals surface area contributed by atoms with Gasteiger partial charge in [-0.15, -0.1) is 0 Å². The number of nitrogens with one attached hydrogen (secondary N) is 1. The van der Waals surface area contributed by atoms with Crippen molar-refractivity contribution in [2.24, 2.45) is 0 Å². The van der Waals surface area contributed by atoms with Gasteiger partial charge in [-0.2, -0.15) is 0 Å². The summed E-state index contributed by atoms with van der Waals surface area (Å²) in [6.07, 6.45) is 9.24. The van der Waals surface area contributed by atoms with Crippen LogP contribution in [0.1, 0.15) is 66.3 Å². The number of aromatic nitrogens is 2. The monoisotopic (exact) mass is 610 g/mol. The van der Waals surface area contributed by atoms with Gasteiger partial charge < -0.3 is 19.5 Å². The highest BCUT2D eigenvalue weighted by Crippen LogP contribution is 2.54. The average molecular weight is 611 g/mol. The van der Waals surface area contributed by atoms with Gasteiger partial charge in [0.15, 0.2) is 0 Å². The highest BCUT2D eigenvalue weighted by molar-refractivity contribution is 5.97. The number of piperidine rings is 1. The molecule has 6 heteroatoms. The van der Waals surface area contributed by atoms with Gasteiger partial charge in [-0.05, 0) is 85.7 Å². The van der Waals surface area contributed by atoms with Crippen LogP contribution in [0.2, 0.25) is 0 Å². The molecule has 1 aliphatic carbocycles. The molecule has 0 unspecified atom stereocenters. The molecule has 0 bridgehead atoms. The fourth-order valence-electron chi connectivity index (χ4n) is 7.54. The minimum Gasteiger partial charge on any atom is -0.457 e. The lowest BCUT2D eigenvalue weighted by molar-refractivity contribution is 0.0908. The lowest BCUT2D eigenvalue weighted by atomic mass is 9.73. The van der Waals surface area contributed by atoms with Crippen LogP contribution in [0.3, 0.4) is 0 Å². The van der Waals surface area contributed by atoms with Crippen molar-refractivity contribution >= 4 is 5.91 Å². The number of carbonyl (C=O) groups is 1. The Hall–Kier alpha value is -4.68. The van der Waals surface area contributed by atoms with E-state index < -0.39 is 0 Å². The molecule has 0 spiro atoms. The van der Waals surface area contributed by atoms with Crippen LogP contribution in [0, 0.1) is 0 Å². The molecular weight excluding hydrogens is 568 g/mol. The second-order valence-electron chi connectivity index (χ2n) is 12.5. The summed E-state index contributed by atoms with van der Waals surface area (Å²) in [4.78, 5) is 20.8. The van der Waals surface area contributed by atoms with Crippen molar-refractivity contribution in [1.82, 2.24) is 19.8 Å². The van der Waals surface area contributed by atoms with E-state index in [0.717, 1.165) is 69.9 Å². The molecule has 1 amide bonds. The molecule has 5 aromatic rings. The number of carbonyl (C=O) groups excluding carboxylic acids is 1. The summed E-state index contributed by atoms with van der Waals surface area (Å²) in [5, 5.41) is 3.28. The molecule has 1 N–H and O–H groups in total. The Kier molecular flexibility index (Phi) is 8.71. The maximum Gasteiger partial charge on any atom is 0.255 e. The number of aryl methyl sites for hydroxylation is 1. The molecule has 1 aliphatic heterocycles. The second kappa shape index (κ2) is 13.4. The van der Waals surface area contributed by atoms with Crippen LogP contribution >= 0.6 is 0 Å². The predicted molar refractivity (Wildman–Crippen MR) is 183 cm³/mol. The largest absolute Gasteiger partial charge is 0.457 e. The molecule has 2 aliphatic rings. The topological polar surface area (TPSA) is 59.4 Å². The number of rotatable bonds is 11. The third-order valence-electron chi connectivity index (χ3n) is 9.80. The van der Waals surface area contributed by atoms with Crippen molar-refractivity contribution in [2.45, 2.75) is 57.0 Å². The summed E-state index contributed by atoms with van der Waals surface area (Å²) < 4.78 is 8.36. The zero-order valence-electron chi connectivity index (χ0n) is 26.6. The fraction of sp³-hybridized carbons (Fsp3) is 0.300. The zero-order chi connectivity index (χ0) is 31.3. The van der Waals surface area contributed by atoms with E-state index >= 15 is 0 Å². The van der Waals surface area contributed by atoms with Gasteiger partial charge in [0.1, 0.15) is 17.3 Å². The van der Waals surface area contributed by atoms with Crippen molar-refractivity contribution in [2.75, 3.05) is 19.6 Å². The average Bonchev–Trinajstić information content (AvgIpc) is 3.70. The number of likely N-dealkylation sites (tertiary alicyclic amines) is 1. The molecule has 0 saturated carbocycles. The SMILES string of the molecule is CCn1ccnc1C1(CCCCN2CCC(NC(=O)c3ccccc3Oc3ccccc3)CC2)c2ccccc2-c2ccccc21. The number of fused-ring (bicyclic) bond motifs is 3. The van der Waals surface area contributed by atoms with E-state index in [1.807, 2.05) is 60.8 Å². The van der Waals surface area contributed by atoms with Crippen LogP contribution < -0.4 is 10.1 Å². The van der Waals surface area contributed by atoms with Crippen LogP contribution in [-0.4, -0.2) is 46.0 Å². The Morgan fingerprint density at radius 3 is 2.22 bits per heavy atom. The number of amides is 1.